The molecule has 2 nitrogen and oxygen atoms in total. The van der Waals surface area contributed by atoms with E-state index in [1.165, 1.54) is 25.1 Å². The Kier molecular flexibility index (Phi) is 6.33. The van der Waals surface area contributed by atoms with Crippen molar-refractivity contribution in [2.45, 2.75) is 18.9 Å². The highest BCUT2D eigenvalue weighted by Crippen LogP contribution is 2.03. The lowest BCUT2D eigenvalue weighted by molar-refractivity contribution is 0.548. The molecule has 0 bridgehead atoms. The van der Waals surface area contributed by atoms with Crippen molar-refractivity contribution in [3.8, 4) is 0 Å². The molecule has 0 aromatic rings. The lowest BCUT2D eigenvalue weighted by Gasteiger charge is -2.10. The van der Waals surface area contributed by atoms with Gasteiger partial charge in [0.05, 0.1) is 0 Å². The molecular formula is C10H20N2S. The van der Waals surface area contributed by atoms with Gasteiger partial charge in [0, 0.05) is 30.6 Å². The molecule has 1 aliphatic rings. The maximum absolute atomic E-state index is 3.69. The molecule has 1 fully saturated rings. The van der Waals surface area contributed by atoms with Crippen LogP contribution < -0.4 is 10.6 Å². The molecule has 76 valence electrons. The fourth-order valence-electron chi connectivity index (χ4n) is 1.52. The van der Waals surface area contributed by atoms with Gasteiger partial charge in [-0.05, 0) is 19.4 Å². The highest BCUT2D eigenvalue weighted by atomic mass is 32.2. The average Bonchev–Trinajstić information content (AvgIpc) is 2.63. The van der Waals surface area contributed by atoms with Crippen molar-refractivity contribution < 1.29 is 0 Å². The zero-order valence-corrected chi connectivity index (χ0v) is 9.04. The fraction of sp³-hybridized carbons (Fsp3) is 0.800. The van der Waals surface area contributed by atoms with Crippen molar-refractivity contribution >= 4 is 11.8 Å². The van der Waals surface area contributed by atoms with Gasteiger partial charge in [-0.3, -0.25) is 0 Å². The summed E-state index contributed by atoms with van der Waals surface area (Å²) < 4.78 is 0. The smallest absolute Gasteiger partial charge is 0.0192 e. The summed E-state index contributed by atoms with van der Waals surface area (Å²) in [5.74, 6) is 2.27. The molecule has 0 aliphatic carbocycles. The van der Waals surface area contributed by atoms with Crippen LogP contribution in [0.25, 0.3) is 0 Å². The Labute approximate surface area is 85.6 Å². The summed E-state index contributed by atoms with van der Waals surface area (Å²) in [5.41, 5.74) is 0. The molecule has 0 radical (unpaired) electrons. The summed E-state index contributed by atoms with van der Waals surface area (Å²) in [6.45, 7) is 7.15. The highest BCUT2D eigenvalue weighted by molar-refractivity contribution is 7.99. The first-order valence-electron chi connectivity index (χ1n) is 5.06. The van der Waals surface area contributed by atoms with Crippen molar-refractivity contribution in [3.05, 3.63) is 12.7 Å². The molecule has 1 atom stereocenters. The molecule has 0 aromatic heterocycles. The molecular weight excluding hydrogens is 180 g/mol. The Bertz CT molecular complexity index is 133. The summed E-state index contributed by atoms with van der Waals surface area (Å²) in [7, 11) is 0. The Morgan fingerprint density at radius 2 is 2.54 bits per heavy atom. The van der Waals surface area contributed by atoms with E-state index in [1.54, 1.807) is 0 Å². The standard InChI is InChI=1S/C10H20N2S/c1-2-7-13-8-6-11-9-10-4-3-5-12-10/h2,10-12H,1,3-9H2. The van der Waals surface area contributed by atoms with Crippen molar-refractivity contribution in [2.75, 3.05) is 31.1 Å². The van der Waals surface area contributed by atoms with Crippen LogP contribution in [0.2, 0.25) is 0 Å². The second kappa shape index (κ2) is 7.42. The molecule has 3 heteroatoms. The molecule has 1 unspecified atom stereocenters. The molecule has 1 saturated heterocycles. The normalized spacial score (nSPS) is 22.0. The third-order valence-corrected chi connectivity index (χ3v) is 3.18. The minimum atomic E-state index is 0.726. The van der Waals surface area contributed by atoms with Crippen molar-refractivity contribution in [1.82, 2.24) is 10.6 Å². The van der Waals surface area contributed by atoms with Crippen LogP contribution in [0.4, 0.5) is 0 Å². The molecule has 0 aromatic carbocycles. The van der Waals surface area contributed by atoms with Crippen molar-refractivity contribution in [2.24, 2.45) is 0 Å². The summed E-state index contributed by atoms with van der Waals surface area (Å²) in [4.78, 5) is 0. The van der Waals surface area contributed by atoms with Crippen LogP contribution >= 0.6 is 11.8 Å². The van der Waals surface area contributed by atoms with Crippen LogP contribution in [0.3, 0.4) is 0 Å². The lowest BCUT2D eigenvalue weighted by atomic mass is 10.2. The van der Waals surface area contributed by atoms with Crippen molar-refractivity contribution in [1.29, 1.82) is 0 Å². The number of thioether (sulfide) groups is 1. The lowest BCUT2D eigenvalue weighted by Crippen LogP contribution is -2.34. The summed E-state index contributed by atoms with van der Waals surface area (Å²) >= 11 is 1.93. The van der Waals surface area contributed by atoms with Crippen LogP contribution in [0.5, 0.6) is 0 Å². The third-order valence-electron chi connectivity index (χ3n) is 2.21. The second-order valence-electron chi connectivity index (χ2n) is 3.36. The van der Waals surface area contributed by atoms with E-state index < -0.39 is 0 Å². The van der Waals surface area contributed by atoms with Gasteiger partial charge in [0.1, 0.15) is 0 Å². The largest absolute Gasteiger partial charge is 0.314 e. The molecule has 1 heterocycles. The first-order chi connectivity index (χ1) is 6.43. The molecule has 13 heavy (non-hydrogen) atoms. The van der Waals surface area contributed by atoms with Gasteiger partial charge in [0.25, 0.3) is 0 Å². The van der Waals surface area contributed by atoms with Gasteiger partial charge in [-0.2, -0.15) is 11.8 Å². The minimum absolute atomic E-state index is 0.726. The van der Waals surface area contributed by atoms with Gasteiger partial charge in [0.15, 0.2) is 0 Å². The quantitative estimate of drug-likeness (QED) is 0.478. The van der Waals surface area contributed by atoms with E-state index in [-0.39, 0.29) is 0 Å². The monoisotopic (exact) mass is 200 g/mol. The topological polar surface area (TPSA) is 24.1 Å². The van der Waals surface area contributed by atoms with Gasteiger partial charge >= 0.3 is 0 Å². The zero-order valence-electron chi connectivity index (χ0n) is 8.22. The van der Waals surface area contributed by atoms with Crippen molar-refractivity contribution in [3.63, 3.8) is 0 Å². The maximum atomic E-state index is 3.69. The van der Waals surface area contributed by atoms with E-state index in [0.29, 0.717) is 0 Å². The van der Waals surface area contributed by atoms with Crippen LogP contribution in [-0.4, -0.2) is 37.2 Å². The number of hydrogen-bond acceptors (Lipinski definition) is 3. The van der Waals surface area contributed by atoms with Gasteiger partial charge in [-0.15, -0.1) is 6.58 Å². The maximum Gasteiger partial charge on any atom is 0.0192 e. The molecule has 0 amide bonds. The van der Waals surface area contributed by atoms with E-state index in [1.807, 2.05) is 17.8 Å². The number of rotatable bonds is 7. The van der Waals surface area contributed by atoms with Crippen LogP contribution in [0.1, 0.15) is 12.8 Å². The van der Waals surface area contributed by atoms with E-state index in [2.05, 4.69) is 17.2 Å². The van der Waals surface area contributed by atoms with Crippen LogP contribution in [-0.2, 0) is 0 Å². The Morgan fingerprint density at radius 3 is 3.23 bits per heavy atom. The fourth-order valence-corrected chi connectivity index (χ4v) is 2.14. The number of nitrogens with one attached hydrogen (secondary N) is 2. The summed E-state index contributed by atoms with van der Waals surface area (Å²) in [6.07, 6.45) is 4.65. The van der Waals surface area contributed by atoms with Gasteiger partial charge in [-0.25, -0.2) is 0 Å². The number of hydrogen-bond donors (Lipinski definition) is 2. The van der Waals surface area contributed by atoms with Gasteiger partial charge < -0.3 is 10.6 Å². The zero-order chi connectivity index (χ0) is 9.36. The van der Waals surface area contributed by atoms with E-state index >= 15 is 0 Å². The Hall–Kier alpha value is 0.01000. The third kappa shape index (κ3) is 5.34. The SMILES string of the molecule is C=CCSCCNCC1CCCN1. The van der Waals surface area contributed by atoms with E-state index in [9.17, 15) is 0 Å². The molecule has 0 saturated carbocycles. The summed E-state index contributed by atoms with van der Waals surface area (Å²) in [6, 6.07) is 0.726. The highest BCUT2D eigenvalue weighted by Gasteiger charge is 2.12. The van der Waals surface area contributed by atoms with Gasteiger partial charge in [-0.1, -0.05) is 6.08 Å². The molecule has 1 rings (SSSR count). The predicted molar refractivity (Wildman–Crippen MR) is 61.4 cm³/mol. The van der Waals surface area contributed by atoms with E-state index in [0.717, 1.165) is 24.9 Å². The first-order valence-corrected chi connectivity index (χ1v) is 6.21. The van der Waals surface area contributed by atoms with Crippen LogP contribution in [0, 0.1) is 0 Å². The predicted octanol–water partition coefficient (Wildman–Crippen LogP) is 1.25. The Balaban J connectivity index is 1.80. The molecule has 0 spiro atoms. The second-order valence-corrected chi connectivity index (χ2v) is 4.51. The molecule has 1 aliphatic heterocycles. The first kappa shape index (κ1) is 11.1. The summed E-state index contributed by atoms with van der Waals surface area (Å²) in [5, 5.41) is 6.94. The Morgan fingerprint density at radius 1 is 1.62 bits per heavy atom. The minimum Gasteiger partial charge on any atom is -0.314 e. The average molecular weight is 200 g/mol. The van der Waals surface area contributed by atoms with Gasteiger partial charge in [0.2, 0.25) is 0 Å². The van der Waals surface area contributed by atoms with Crippen LogP contribution in [0.15, 0.2) is 12.7 Å². The van der Waals surface area contributed by atoms with E-state index in [4.69, 9.17) is 0 Å². The molecule has 2 N–H and O–H groups in total.